The van der Waals surface area contributed by atoms with E-state index in [1.165, 1.54) is 0 Å². The van der Waals surface area contributed by atoms with Crippen molar-refractivity contribution in [2.45, 2.75) is 34.6 Å². The molecule has 0 aliphatic rings. The molecule has 0 rings (SSSR count). The van der Waals surface area contributed by atoms with Gasteiger partial charge in [0.1, 0.15) is 0 Å². The normalized spacial score (nSPS) is 7.77. The van der Waals surface area contributed by atoms with Crippen LogP contribution in [0.25, 0.3) is 0 Å². The van der Waals surface area contributed by atoms with E-state index in [1.807, 2.05) is 0 Å². The number of aliphatic carboxylic acids is 5. The Labute approximate surface area is 174 Å². The second-order valence-corrected chi connectivity index (χ2v) is 4.61. The predicted molar refractivity (Wildman–Crippen MR) is 104 cm³/mol. The van der Waals surface area contributed by atoms with E-state index in [4.69, 9.17) is 64.8 Å². The quantitative estimate of drug-likeness (QED) is 0.235. The van der Waals surface area contributed by atoms with Crippen molar-refractivity contribution in [2.75, 3.05) is 39.5 Å². The van der Waals surface area contributed by atoms with Gasteiger partial charge in [0.25, 0.3) is 29.8 Å². The number of carboxylic acid groups (broad SMARTS) is 5. The minimum absolute atomic E-state index is 0.0694. The Morgan fingerprint density at radius 2 is 0.567 bits per heavy atom. The number of aliphatic hydroxyl groups excluding tert-OH is 3. The maximum atomic E-state index is 9.00. The summed E-state index contributed by atoms with van der Waals surface area (Å²) in [5, 5.41) is 62.5. The Hall–Kier alpha value is -2.81. The van der Waals surface area contributed by atoms with E-state index < -0.39 is 29.8 Å². The van der Waals surface area contributed by atoms with Gasteiger partial charge in [-0.15, -0.1) is 0 Å². The molecule has 0 aromatic carbocycles. The highest BCUT2D eigenvalue weighted by atomic mass is 16.4. The minimum atomic E-state index is -0.833. The largest absolute Gasteiger partial charge is 0.481 e. The molecule has 0 aliphatic heterocycles. The SMILES string of the molecule is CC(=O)O.CC(=O)O.CC(=O)O.CC(=O)O.CC(=O)O.OCCN(CCO)CCO. The van der Waals surface area contributed by atoms with Gasteiger partial charge in [-0.05, 0) is 0 Å². The average molecular weight is 449 g/mol. The molecule has 0 aromatic heterocycles. The number of aliphatic hydroxyl groups is 3. The summed E-state index contributed by atoms with van der Waals surface area (Å²) in [6.07, 6.45) is 0. The second-order valence-electron chi connectivity index (χ2n) is 4.61. The van der Waals surface area contributed by atoms with Gasteiger partial charge in [-0.25, -0.2) is 0 Å². The van der Waals surface area contributed by atoms with Crippen LogP contribution in [0.2, 0.25) is 0 Å². The number of hydrogen-bond donors (Lipinski definition) is 8. The molecule has 0 heterocycles. The molecule has 0 aromatic rings. The summed E-state index contributed by atoms with van der Waals surface area (Å²) >= 11 is 0. The fourth-order valence-electron chi connectivity index (χ4n) is 0.760. The van der Waals surface area contributed by atoms with Crippen molar-refractivity contribution in [1.82, 2.24) is 4.90 Å². The van der Waals surface area contributed by atoms with Crippen LogP contribution in [0.15, 0.2) is 0 Å². The lowest BCUT2D eigenvalue weighted by molar-refractivity contribution is -0.135. The van der Waals surface area contributed by atoms with Gasteiger partial charge in [-0.1, -0.05) is 0 Å². The Morgan fingerprint density at radius 3 is 0.633 bits per heavy atom. The minimum Gasteiger partial charge on any atom is -0.481 e. The molecule has 0 atom stereocenters. The zero-order chi connectivity index (χ0) is 25.7. The number of carboxylic acids is 5. The first-order valence-electron chi connectivity index (χ1n) is 8.04. The lowest BCUT2D eigenvalue weighted by Crippen LogP contribution is -2.32. The monoisotopic (exact) mass is 449 g/mol. The molecule has 0 aliphatic carbocycles. The predicted octanol–water partition coefficient (Wildman–Crippen LogP) is -1.28. The summed E-state index contributed by atoms with van der Waals surface area (Å²) in [5.74, 6) is -4.17. The summed E-state index contributed by atoms with van der Waals surface area (Å²) in [7, 11) is 0. The van der Waals surface area contributed by atoms with Crippen molar-refractivity contribution in [3.63, 3.8) is 0 Å². The van der Waals surface area contributed by atoms with Crippen molar-refractivity contribution in [3.8, 4) is 0 Å². The fraction of sp³-hybridized carbons (Fsp3) is 0.688. The van der Waals surface area contributed by atoms with Gasteiger partial charge >= 0.3 is 0 Å². The van der Waals surface area contributed by atoms with Gasteiger partial charge < -0.3 is 40.9 Å². The van der Waals surface area contributed by atoms with Crippen molar-refractivity contribution < 1.29 is 64.8 Å². The van der Waals surface area contributed by atoms with Crippen molar-refractivity contribution >= 4 is 29.8 Å². The molecule has 14 nitrogen and oxygen atoms in total. The molecule has 0 radical (unpaired) electrons. The van der Waals surface area contributed by atoms with E-state index in [0.29, 0.717) is 19.6 Å². The Morgan fingerprint density at radius 1 is 0.467 bits per heavy atom. The van der Waals surface area contributed by atoms with Gasteiger partial charge in [0.2, 0.25) is 0 Å². The smallest absolute Gasteiger partial charge is 0.300 e. The van der Waals surface area contributed by atoms with E-state index in [-0.39, 0.29) is 19.8 Å². The van der Waals surface area contributed by atoms with E-state index >= 15 is 0 Å². The molecule has 182 valence electrons. The summed E-state index contributed by atoms with van der Waals surface area (Å²) in [5.41, 5.74) is 0. The Kier molecular flexibility index (Phi) is 51.2. The van der Waals surface area contributed by atoms with Crippen LogP contribution in [0, 0.1) is 0 Å². The molecule has 0 saturated heterocycles. The van der Waals surface area contributed by atoms with Crippen LogP contribution in [0.1, 0.15) is 34.6 Å². The van der Waals surface area contributed by atoms with Crippen LogP contribution in [-0.4, -0.2) is 115 Å². The first kappa shape index (κ1) is 41.5. The van der Waals surface area contributed by atoms with Gasteiger partial charge in [-0.3, -0.25) is 28.9 Å². The van der Waals surface area contributed by atoms with Crippen molar-refractivity contribution in [3.05, 3.63) is 0 Å². The summed E-state index contributed by atoms with van der Waals surface area (Å²) in [6, 6.07) is 0. The third kappa shape index (κ3) is 385. The lowest BCUT2D eigenvalue weighted by atomic mass is 10.4. The van der Waals surface area contributed by atoms with Crippen LogP contribution in [0.5, 0.6) is 0 Å². The van der Waals surface area contributed by atoms with E-state index in [0.717, 1.165) is 34.6 Å². The third-order valence-electron chi connectivity index (χ3n) is 1.25. The Balaban J connectivity index is -0.0000000616. The molecule has 0 bridgehead atoms. The average Bonchev–Trinajstić information content (AvgIpc) is 2.45. The first-order valence-corrected chi connectivity index (χ1v) is 8.04. The van der Waals surface area contributed by atoms with Crippen molar-refractivity contribution in [1.29, 1.82) is 0 Å². The van der Waals surface area contributed by atoms with Crippen LogP contribution >= 0.6 is 0 Å². The van der Waals surface area contributed by atoms with E-state index in [1.54, 1.807) is 4.90 Å². The van der Waals surface area contributed by atoms with Crippen molar-refractivity contribution in [2.24, 2.45) is 0 Å². The van der Waals surface area contributed by atoms with Crippen LogP contribution in [-0.2, 0) is 24.0 Å². The number of rotatable bonds is 6. The molecule has 8 N–H and O–H groups in total. The zero-order valence-electron chi connectivity index (χ0n) is 17.8. The number of hydrogen-bond acceptors (Lipinski definition) is 9. The summed E-state index contributed by atoms with van der Waals surface area (Å²) < 4.78 is 0. The highest BCUT2D eigenvalue weighted by Gasteiger charge is 2.00. The van der Waals surface area contributed by atoms with Gasteiger partial charge in [0.15, 0.2) is 0 Å². The maximum absolute atomic E-state index is 9.00. The van der Waals surface area contributed by atoms with Gasteiger partial charge in [0, 0.05) is 54.3 Å². The molecule has 30 heavy (non-hydrogen) atoms. The number of carbonyl (C=O) groups is 5. The molecule has 0 amide bonds. The third-order valence-corrected chi connectivity index (χ3v) is 1.25. The number of nitrogens with zero attached hydrogens (tertiary/aromatic N) is 1. The van der Waals surface area contributed by atoms with E-state index in [9.17, 15) is 0 Å². The van der Waals surface area contributed by atoms with Crippen LogP contribution in [0.4, 0.5) is 0 Å². The molecule has 0 fully saturated rings. The summed E-state index contributed by atoms with van der Waals surface area (Å²) in [6.45, 7) is 7.17. The maximum Gasteiger partial charge on any atom is 0.300 e. The topological polar surface area (TPSA) is 250 Å². The molecule has 14 heteroatoms. The fourth-order valence-corrected chi connectivity index (χ4v) is 0.760. The molecule has 0 saturated carbocycles. The second kappa shape index (κ2) is 37.0. The Bertz CT molecular complexity index is 323. The van der Waals surface area contributed by atoms with E-state index in [2.05, 4.69) is 0 Å². The standard InChI is InChI=1S/C6H15NO3.5C2H4O2/c8-4-1-7(2-5-9)3-6-10;5*1-2(3)4/h8-10H,1-6H2;5*1H3,(H,3,4). The zero-order valence-corrected chi connectivity index (χ0v) is 17.8. The van der Waals surface area contributed by atoms with Gasteiger partial charge in [0.05, 0.1) is 19.8 Å². The lowest BCUT2D eigenvalue weighted by Gasteiger charge is -2.17. The molecule has 0 spiro atoms. The molecular weight excluding hydrogens is 414 g/mol. The molecule has 0 unspecified atom stereocenters. The van der Waals surface area contributed by atoms with Crippen LogP contribution < -0.4 is 0 Å². The highest BCUT2D eigenvalue weighted by Crippen LogP contribution is 1.84. The molecular formula is C16H35NO13. The first-order chi connectivity index (χ1) is 13.5. The van der Waals surface area contributed by atoms with Gasteiger partial charge in [-0.2, -0.15) is 0 Å². The van der Waals surface area contributed by atoms with Crippen LogP contribution in [0.3, 0.4) is 0 Å². The summed E-state index contributed by atoms with van der Waals surface area (Å²) in [4.78, 5) is 46.8. The highest BCUT2D eigenvalue weighted by molar-refractivity contribution is 5.63.